The molecule has 102 valence electrons. The maximum Gasteiger partial charge on any atom is 0.150 e. The van der Waals surface area contributed by atoms with Crippen molar-refractivity contribution in [2.75, 3.05) is 13.2 Å². The van der Waals surface area contributed by atoms with E-state index in [2.05, 4.69) is 18.4 Å². The number of ether oxygens (including phenoxy) is 1. The second kappa shape index (κ2) is 6.53. The van der Waals surface area contributed by atoms with Gasteiger partial charge in [-0.25, -0.2) is 0 Å². The average molecular weight is 259 g/mol. The van der Waals surface area contributed by atoms with Crippen molar-refractivity contribution in [2.45, 2.75) is 26.8 Å². The molecular formula is C16H21NO2. The van der Waals surface area contributed by atoms with Gasteiger partial charge in [0.2, 0.25) is 0 Å². The summed E-state index contributed by atoms with van der Waals surface area (Å²) in [4.78, 5) is 11.0. The second-order valence-electron chi connectivity index (χ2n) is 5.20. The molecule has 0 aliphatic heterocycles. The van der Waals surface area contributed by atoms with Gasteiger partial charge >= 0.3 is 0 Å². The lowest BCUT2D eigenvalue weighted by molar-refractivity contribution is 0.112. The van der Waals surface area contributed by atoms with E-state index in [1.165, 1.54) is 0 Å². The molecule has 0 saturated carbocycles. The normalized spacial score (nSPS) is 11.3. The number of rotatable bonds is 7. The van der Waals surface area contributed by atoms with Gasteiger partial charge in [-0.1, -0.05) is 26.0 Å². The van der Waals surface area contributed by atoms with Gasteiger partial charge in [0.15, 0.2) is 6.29 Å². The van der Waals surface area contributed by atoms with Crippen LogP contribution in [0, 0.1) is 5.92 Å². The van der Waals surface area contributed by atoms with Gasteiger partial charge in [-0.05, 0) is 24.5 Å². The van der Waals surface area contributed by atoms with Gasteiger partial charge in [-0.2, -0.15) is 0 Å². The summed E-state index contributed by atoms with van der Waals surface area (Å²) in [5, 5.41) is 1.01. The minimum Gasteiger partial charge on any atom is -0.380 e. The maximum absolute atomic E-state index is 11.0. The van der Waals surface area contributed by atoms with Crippen molar-refractivity contribution < 1.29 is 9.53 Å². The van der Waals surface area contributed by atoms with Crippen molar-refractivity contribution in [3.63, 3.8) is 0 Å². The van der Waals surface area contributed by atoms with Crippen LogP contribution in [-0.4, -0.2) is 24.1 Å². The fourth-order valence-corrected chi connectivity index (χ4v) is 2.13. The summed E-state index contributed by atoms with van der Waals surface area (Å²) >= 11 is 0. The summed E-state index contributed by atoms with van der Waals surface area (Å²) in [6, 6.07) is 7.80. The first kappa shape index (κ1) is 13.8. The number of hydrogen-bond donors (Lipinski definition) is 0. The first-order valence-corrected chi connectivity index (χ1v) is 6.83. The number of carbonyl (C=O) groups is 1. The van der Waals surface area contributed by atoms with E-state index in [9.17, 15) is 4.79 Å². The van der Waals surface area contributed by atoms with Crippen molar-refractivity contribution >= 4 is 17.2 Å². The Bertz CT molecular complexity index is 543. The van der Waals surface area contributed by atoms with E-state index >= 15 is 0 Å². The predicted molar refractivity (Wildman–Crippen MR) is 77.6 cm³/mol. The summed E-state index contributed by atoms with van der Waals surface area (Å²) in [7, 11) is 0. The standard InChI is InChI=1S/C16H21NO2/c1-13(2)7-10-19-11-9-17-8-6-15-14(12-18)4-3-5-16(15)17/h3-6,8,12-13H,7,9-11H2,1-2H3. The van der Waals surface area contributed by atoms with Crippen molar-refractivity contribution in [3.05, 3.63) is 36.0 Å². The molecule has 0 atom stereocenters. The fourth-order valence-electron chi connectivity index (χ4n) is 2.13. The van der Waals surface area contributed by atoms with Crippen LogP contribution in [0.3, 0.4) is 0 Å². The van der Waals surface area contributed by atoms with Gasteiger partial charge in [0.1, 0.15) is 0 Å². The zero-order chi connectivity index (χ0) is 13.7. The molecule has 0 amide bonds. The molecule has 0 fully saturated rings. The molecule has 0 unspecified atom stereocenters. The monoisotopic (exact) mass is 259 g/mol. The van der Waals surface area contributed by atoms with E-state index in [0.717, 1.165) is 42.3 Å². The molecule has 0 N–H and O–H groups in total. The van der Waals surface area contributed by atoms with Crippen LogP contribution in [-0.2, 0) is 11.3 Å². The number of carbonyl (C=O) groups excluding carboxylic acids is 1. The SMILES string of the molecule is CC(C)CCOCCn1ccc2c(C=O)cccc21. The molecule has 0 saturated heterocycles. The molecule has 0 aliphatic rings. The van der Waals surface area contributed by atoms with Crippen LogP contribution in [0.1, 0.15) is 30.6 Å². The van der Waals surface area contributed by atoms with Crippen LogP contribution in [0.2, 0.25) is 0 Å². The topological polar surface area (TPSA) is 31.2 Å². The average Bonchev–Trinajstić information content (AvgIpc) is 2.81. The van der Waals surface area contributed by atoms with Crippen molar-refractivity contribution in [2.24, 2.45) is 5.92 Å². The van der Waals surface area contributed by atoms with E-state index in [1.807, 2.05) is 30.5 Å². The summed E-state index contributed by atoms with van der Waals surface area (Å²) in [5.74, 6) is 0.683. The number of fused-ring (bicyclic) bond motifs is 1. The second-order valence-corrected chi connectivity index (χ2v) is 5.20. The largest absolute Gasteiger partial charge is 0.380 e. The lowest BCUT2D eigenvalue weighted by atomic mass is 10.1. The molecule has 1 aromatic heterocycles. The number of benzene rings is 1. The quantitative estimate of drug-likeness (QED) is 0.563. The van der Waals surface area contributed by atoms with E-state index in [1.54, 1.807) is 0 Å². The van der Waals surface area contributed by atoms with Crippen LogP contribution in [0.15, 0.2) is 30.5 Å². The minimum absolute atomic E-state index is 0.683. The highest BCUT2D eigenvalue weighted by molar-refractivity contribution is 5.97. The van der Waals surface area contributed by atoms with Crippen molar-refractivity contribution in [3.8, 4) is 0 Å². The van der Waals surface area contributed by atoms with Crippen LogP contribution in [0.25, 0.3) is 10.9 Å². The van der Waals surface area contributed by atoms with E-state index in [-0.39, 0.29) is 0 Å². The third-order valence-corrected chi connectivity index (χ3v) is 3.29. The highest BCUT2D eigenvalue weighted by Gasteiger charge is 2.04. The van der Waals surface area contributed by atoms with Crippen molar-refractivity contribution in [1.82, 2.24) is 4.57 Å². The molecule has 0 aliphatic carbocycles. The third kappa shape index (κ3) is 3.44. The van der Waals surface area contributed by atoms with Crippen LogP contribution >= 0.6 is 0 Å². The highest BCUT2D eigenvalue weighted by Crippen LogP contribution is 2.18. The molecule has 0 bridgehead atoms. The van der Waals surface area contributed by atoms with Gasteiger partial charge < -0.3 is 9.30 Å². The van der Waals surface area contributed by atoms with Gasteiger partial charge in [-0.15, -0.1) is 0 Å². The zero-order valence-corrected chi connectivity index (χ0v) is 11.6. The first-order valence-electron chi connectivity index (χ1n) is 6.83. The Morgan fingerprint density at radius 2 is 2.11 bits per heavy atom. The molecule has 3 heteroatoms. The smallest absolute Gasteiger partial charge is 0.150 e. The summed E-state index contributed by atoms with van der Waals surface area (Å²) in [6.45, 7) is 6.75. The first-order chi connectivity index (χ1) is 9.22. The van der Waals surface area contributed by atoms with Gasteiger partial charge in [0.05, 0.1) is 6.61 Å². The fraction of sp³-hybridized carbons (Fsp3) is 0.438. The highest BCUT2D eigenvalue weighted by atomic mass is 16.5. The predicted octanol–water partition coefficient (Wildman–Crippen LogP) is 3.52. The molecule has 2 rings (SSSR count). The zero-order valence-electron chi connectivity index (χ0n) is 11.6. The van der Waals surface area contributed by atoms with Crippen LogP contribution < -0.4 is 0 Å². The molecule has 2 aromatic rings. The minimum atomic E-state index is 0.683. The number of hydrogen-bond acceptors (Lipinski definition) is 2. The van der Waals surface area contributed by atoms with Gasteiger partial charge in [-0.3, -0.25) is 4.79 Å². The Morgan fingerprint density at radius 3 is 2.84 bits per heavy atom. The molecule has 3 nitrogen and oxygen atoms in total. The van der Waals surface area contributed by atoms with E-state index in [4.69, 9.17) is 4.74 Å². The third-order valence-electron chi connectivity index (χ3n) is 3.29. The lowest BCUT2D eigenvalue weighted by Gasteiger charge is -2.08. The Balaban J connectivity index is 1.96. The Hall–Kier alpha value is -1.61. The summed E-state index contributed by atoms with van der Waals surface area (Å²) < 4.78 is 7.77. The van der Waals surface area contributed by atoms with Crippen LogP contribution in [0.5, 0.6) is 0 Å². The maximum atomic E-state index is 11.0. The molecule has 1 aromatic carbocycles. The summed E-state index contributed by atoms with van der Waals surface area (Å²) in [5.41, 5.74) is 1.84. The van der Waals surface area contributed by atoms with Gasteiger partial charge in [0, 0.05) is 35.8 Å². The Labute approximate surface area is 114 Å². The Kier molecular flexibility index (Phi) is 4.74. The number of nitrogens with zero attached hydrogens (tertiary/aromatic N) is 1. The molecule has 1 heterocycles. The number of aromatic nitrogens is 1. The van der Waals surface area contributed by atoms with E-state index < -0.39 is 0 Å². The van der Waals surface area contributed by atoms with Crippen LogP contribution in [0.4, 0.5) is 0 Å². The Morgan fingerprint density at radius 1 is 1.26 bits per heavy atom. The molecular weight excluding hydrogens is 238 g/mol. The lowest BCUT2D eigenvalue weighted by Crippen LogP contribution is -2.07. The summed E-state index contributed by atoms with van der Waals surface area (Å²) in [6.07, 6.45) is 4.02. The van der Waals surface area contributed by atoms with Crippen molar-refractivity contribution in [1.29, 1.82) is 0 Å². The molecule has 0 radical (unpaired) electrons. The van der Waals surface area contributed by atoms with E-state index in [0.29, 0.717) is 12.5 Å². The molecule has 0 spiro atoms. The van der Waals surface area contributed by atoms with Gasteiger partial charge in [0.25, 0.3) is 0 Å². The molecule has 19 heavy (non-hydrogen) atoms. The number of aldehydes is 1.